The summed E-state index contributed by atoms with van der Waals surface area (Å²) in [6, 6.07) is 3.29. The fraction of sp³-hybridized carbons (Fsp3) is 0.385. The molecule has 0 atom stereocenters. The van der Waals surface area contributed by atoms with Gasteiger partial charge in [-0.2, -0.15) is 17.9 Å². The minimum Gasteiger partial charge on any atom is -0.395 e. The number of aromatic nitrogens is 2. The molecule has 10 heteroatoms. The van der Waals surface area contributed by atoms with E-state index in [1.54, 1.807) is 0 Å². The van der Waals surface area contributed by atoms with Crippen LogP contribution in [0, 0.1) is 0 Å². The molecule has 1 heterocycles. The molecule has 0 aliphatic heterocycles. The number of alkyl halides is 3. The third-order valence-corrected chi connectivity index (χ3v) is 2.99. The summed E-state index contributed by atoms with van der Waals surface area (Å²) in [5.74, 6) is -0.770. The third-order valence-electron chi connectivity index (χ3n) is 2.99. The average Bonchev–Trinajstić information content (AvgIpc) is 2.88. The first-order valence-electron chi connectivity index (χ1n) is 6.62. The highest BCUT2D eigenvalue weighted by atomic mass is 35.5. The number of nitrogens with zero attached hydrogens (tertiary/aromatic N) is 2. The molecule has 23 heavy (non-hydrogen) atoms. The zero-order valence-electron chi connectivity index (χ0n) is 12.0. The van der Waals surface area contributed by atoms with Crippen LogP contribution in [0.5, 0.6) is 0 Å². The molecule has 128 valence electrons. The Morgan fingerprint density at radius 1 is 1.30 bits per heavy atom. The molecule has 0 unspecified atom stereocenters. The fourth-order valence-electron chi connectivity index (χ4n) is 1.93. The Kier molecular flexibility index (Phi) is 6.64. The number of halogens is 4. The van der Waals surface area contributed by atoms with Gasteiger partial charge in [0.1, 0.15) is 0 Å². The number of hydrogen-bond donors (Lipinski definition) is 2. The van der Waals surface area contributed by atoms with E-state index >= 15 is 0 Å². The van der Waals surface area contributed by atoms with Crippen LogP contribution in [0.4, 0.5) is 18.9 Å². The first kappa shape index (κ1) is 19.0. The van der Waals surface area contributed by atoms with Gasteiger partial charge in [-0.3, -0.25) is 0 Å². The molecule has 1 aromatic carbocycles. The second kappa shape index (κ2) is 8.02. The molecule has 0 fully saturated rings. The van der Waals surface area contributed by atoms with E-state index in [1.165, 1.54) is 6.07 Å². The van der Waals surface area contributed by atoms with E-state index in [9.17, 15) is 18.0 Å². The zero-order valence-corrected chi connectivity index (χ0v) is 12.8. The Balaban J connectivity index is 0.00000264. The lowest BCUT2D eigenvalue weighted by Crippen LogP contribution is -2.16. The van der Waals surface area contributed by atoms with Gasteiger partial charge in [0.25, 0.3) is 0 Å². The maximum atomic E-state index is 13.0. The molecular formula is C13H16ClF3N4O2. The van der Waals surface area contributed by atoms with Crippen molar-refractivity contribution in [2.45, 2.75) is 19.0 Å². The van der Waals surface area contributed by atoms with Crippen LogP contribution in [0.25, 0.3) is 5.69 Å². The van der Waals surface area contributed by atoms with E-state index in [2.05, 4.69) is 14.8 Å². The second-order valence-electron chi connectivity index (χ2n) is 4.57. The standard InChI is InChI=1S/C13H15F3N4O2.ClH/c14-13(15,16)10-4-3-9(20-12(21)22-8-19-20)7-11(10)18-6-2-1-5-17;/h3-4,7-8,18H,1-2,5-6,17H2;1H. The largest absolute Gasteiger partial charge is 0.441 e. The second-order valence-corrected chi connectivity index (χ2v) is 4.57. The molecule has 6 nitrogen and oxygen atoms in total. The van der Waals surface area contributed by atoms with Crippen molar-refractivity contribution in [3.63, 3.8) is 0 Å². The molecule has 2 aromatic rings. The van der Waals surface area contributed by atoms with E-state index in [-0.39, 0.29) is 23.8 Å². The highest BCUT2D eigenvalue weighted by Gasteiger charge is 2.33. The van der Waals surface area contributed by atoms with Crippen molar-refractivity contribution in [1.82, 2.24) is 9.78 Å². The van der Waals surface area contributed by atoms with Crippen LogP contribution in [0.15, 0.2) is 33.8 Å². The number of nitrogens with two attached hydrogens (primary N) is 1. The van der Waals surface area contributed by atoms with E-state index < -0.39 is 17.5 Å². The summed E-state index contributed by atoms with van der Waals surface area (Å²) in [7, 11) is 0. The molecule has 0 radical (unpaired) electrons. The molecule has 0 aliphatic carbocycles. The Morgan fingerprint density at radius 2 is 2.04 bits per heavy atom. The van der Waals surface area contributed by atoms with E-state index in [0.29, 0.717) is 25.9 Å². The van der Waals surface area contributed by atoms with Crippen molar-refractivity contribution in [1.29, 1.82) is 0 Å². The van der Waals surface area contributed by atoms with Crippen molar-refractivity contribution in [3.05, 3.63) is 40.7 Å². The van der Waals surface area contributed by atoms with Gasteiger partial charge in [0, 0.05) is 12.2 Å². The Hall–Kier alpha value is -2.00. The van der Waals surface area contributed by atoms with Crippen molar-refractivity contribution >= 4 is 18.1 Å². The fourth-order valence-corrected chi connectivity index (χ4v) is 1.93. The van der Waals surface area contributed by atoms with Crippen LogP contribution in [-0.4, -0.2) is 22.9 Å². The van der Waals surface area contributed by atoms with Crippen LogP contribution >= 0.6 is 12.4 Å². The monoisotopic (exact) mass is 352 g/mol. The number of benzene rings is 1. The summed E-state index contributed by atoms with van der Waals surface area (Å²) < 4.78 is 44.4. The van der Waals surface area contributed by atoms with Crippen molar-refractivity contribution in [2.24, 2.45) is 5.73 Å². The SMILES string of the molecule is Cl.NCCCCNc1cc(-n2ncoc2=O)ccc1C(F)(F)F. The van der Waals surface area contributed by atoms with Crippen molar-refractivity contribution in [3.8, 4) is 5.69 Å². The molecule has 0 saturated carbocycles. The maximum absolute atomic E-state index is 13.0. The number of anilines is 1. The molecule has 0 saturated heterocycles. The molecule has 2 rings (SSSR count). The number of hydrogen-bond acceptors (Lipinski definition) is 5. The highest BCUT2D eigenvalue weighted by molar-refractivity contribution is 5.85. The van der Waals surface area contributed by atoms with Gasteiger partial charge in [-0.1, -0.05) is 0 Å². The number of unbranched alkanes of at least 4 members (excludes halogenated alkanes) is 1. The predicted octanol–water partition coefficient (Wildman–Crippen LogP) is 2.42. The average molecular weight is 353 g/mol. The van der Waals surface area contributed by atoms with Crippen LogP contribution in [0.2, 0.25) is 0 Å². The number of rotatable bonds is 6. The van der Waals surface area contributed by atoms with Crippen molar-refractivity contribution < 1.29 is 17.6 Å². The lowest BCUT2D eigenvalue weighted by molar-refractivity contribution is -0.136. The highest BCUT2D eigenvalue weighted by Crippen LogP contribution is 2.35. The van der Waals surface area contributed by atoms with Crippen LogP contribution in [0.1, 0.15) is 18.4 Å². The lowest BCUT2D eigenvalue weighted by atomic mass is 10.1. The van der Waals surface area contributed by atoms with Crippen LogP contribution in [0.3, 0.4) is 0 Å². The number of nitrogens with one attached hydrogen (secondary N) is 1. The van der Waals surface area contributed by atoms with Crippen LogP contribution in [-0.2, 0) is 6.18 Å². The summed E-state index contributed by atoms with van der Waals surface area (Å²) >= 11 is 0. The van der Waals surface area contributed by atoms with E-state index in [1.807, 2.05) is 0 Å². The molecule has 0 bridgehead atoms. The van der Waals surface area contributed by atoms with Gasteiger partial charge in [0.2, 0.25) is 6.39 Å². The molecule has 1 aromatic heterocycles. The predicted molar refractivity (Wildman–Crippen MR) is 81.1 cm³/mol. The van der Waals surface area contributed by atoms with Gasteiger partial charge in [0.15, 0.2) is 0 Å². The smallest absolute Gasteiger partial charge is 0.395 e. The quantitative estimate of drug-likeness (QED) is 0.780. The summed E-state index contributed by atoms with van der Waals surface area (Å²) in [6.07, 6.45) is -2.23. The van der Waals surface area contributed by atoms with Crippen LogP contribution < -0.4 is 16.8 Å². The minimum absolute atomic E-state index is 0. The van der Waals surface area contributed by atoms with Crippen molar-refractivity contribution in [2.75, 3.05) is 18.4 Å². The molecule has 0 aliphatic rings. The summed E-state index contributed by atoms with van der Waals surface area (Å²) in [6.45, 7) is 0.819. The molecule has 0 spiro atoms. The Morgan fingerprint density at radius 3 is 2.61 bits per heavy atom. The Labute approximate surface area is 135 Å². The first-order chi connectivity index (χ1) is 10.4. The van der Waals surface area contributed by atoms with Gasteiger partial charge < -0.3 is 15.5 Å². The molecule has 3 N–H and O–H groups in total. The van der Waals surface area contributed by atoms with Gasteiger partial charge >= 0.3 is 11.9 Å². The van der Waals surface area contributed by atoms with E-state index in [0.717, 1.165) is 23.2 Å². The van der Waals surface area contributed by atoms with Gasteiger partial charge in [0.05, 0.1) is 11.3 Å². The summed E-state index contributed by atoms with van der Waals surface area (Å²) in [5, 5.41) is 6.37. The van der Waals surface area contributed by atoms with Gasteiger partial charge in [-0.05, 0) is 37.6 Å². The summed E-state index contributed by atoms with van der Waals surface area (Å²) in [4.78, 5) is 11.4. The molecular weight excluding hydrogens is 337 g/mol. The summed E-state index contributed by atoms with van der Waals surface area (Å²) in [5.41, 5.74) is 4.62. The topological polar surface area (TPSA) is 86.1 Å². The first-order valence-corrected chi connectivity index (χ1v) is 6.62. The van der Waals surface area contributed by atoms with E-state index in [4.69, 9.17) is 5.73 Å². The lowest BCUT2D eigenvalue weighted by Gasteiger charge is -2.15. The normalized spacial score (nSPS) is 11.1. The zero-order chi connectivity index (χ0) is 16.2. The molecule has 0 amide bonds. The van der Waals surface area contributed by atoms with Gasteiger partial charge in [-0.15, -0.1) is 17.5 Å². The third kappa shape index (κ3) is 4.73. The van der Waals surface area contributed by atoms with Gasteiger partial charge in [-0.25, -0.2) is 4.79 Å². The Bertz CT molecular complexity index is 684. The minimum atomic E-state index is -4.50. The maximum Gasteiger partial charge on any atom is 0.441 e.